The van der Waals surface area contributed by atoms with Gasteiger partial charge in [-0.15, -0.1) is 0 Å². The number of carbonyl (C=O) groups is 1. The van der Waals surface area contributed by atoms with Crippen molar-refractivity contribution in [3.8, 4) is 0 Å². The quantitative estimate of drug-likeness (QED) is 0.776. The molecule has 1 aromatic carbocycles. The van der Waals surface area contributed by atoms with E-state index in [-0.39, 0.29) is 24.6 Å². The van der Waals surface area contributed by atoms with E-state index in [4.69, 9.17) is 11.6 Å². The number of anilines is 1. The van der Waals surface area contributed by atoms with E-state index in [2.05, 4.69) is 10.6 Å². The highest BCUT2D eigenvalue weighted by atomic mass is 35.5. The number of hydrogen-bond donors (Lipinski definition) is 3. The number of aliphatic hydroxyl groups excluding tert-OH is 1. The number of halogens is 1. The van der Waals surface area contributed by atoms with Gasteiger partial charge in [0, 0.05) is 5.54 Å². The second-order valence-corrected chi connectivity index (χ2v) is 5.43. The van der Waals surface area contributed by atoms with E-state index in [1.807, 2.05) is 12.1 Å². The number of amides is 1. The van der Waals surface area contributed by atoms with Crippen LogP contribution in [0.5, 0.6) is 0 Å². The zero-order valence-corrected chi connectivity index (χ0v) is 11.5. The lowest BCUT2D eigenvalue weighted by atomic mass is 9.99. The Morgan fingerprint density at radius 1 is 1.32 bits per heavy atom. The van der Waals surface area contributed by atoms with Gasteiger partial charge in [0.2, 0.25) is 5.91 Å². The summed E-state index contributed by atoms with van der Waals surface area (Å²) in [5.74, 6) is -0.146. The Morgan fingerprint density at radius 2 is 2.00 bits per heavy atom. The van der Waals surface area contributed by atoms with Crippen LogP contribution in [0.15, 0.2) is 24.3 Å². The molecule has 19 heavy (non-hydrogen) atoms. The third kappa shape index (κ3) is 3.69. The molecular weight excluding hydrogens is 264 g/mol. The molecule has 0 aromatic heterocycles. The first-order valence-corrected chi connectivity index (χ1v) is 6.93. The Kier molecular flexibility index (Phi) is 4.80. The highest BCUT2D eigenvalue weighted by Crippen LogP contribution is 2.28. The maximum absolute atomic E-state index is 11.9. The molecule has 1 amide bonds. The average Bonchev–Trinajstić information content (AvgIpc) is 2.89. The van der Waals surface area contributed by atoms with E-state index in [1.165, 1.54) is 0 Å². The van der Waals surface area contributed by atoms with Crippen LogP contribution in [0.1, 0.15) is 25.7 Å². The third-order valence-corrected chi connectivity index (χ3v) is 3.96. The molecule has 0 bridgehead atoms. The minimum Gasteiger partial charge on any atom is -0.394 e. The molecule has 3 N–H and O–H groups in total. The number of rotatable bonds is 5. The lowest BCUT2D eigenvalue weighted by Crippen LogP contribution is -2.49. The van der Waals surface area contributed by atoms with Crippen LogP contribution in [0.3, 0.4) is 0 Å². The predicted octanol–water partition coefficient (Wildman–Crippen LogP) is 2.17. The van der Waals surface area contributed by atoms with Crippen molar-refractivity contribution in [1.29, 1.82) is 0 Å². The van der Waals surface area contributed by atoms with Gasteiger partial charge in [0.1, 0.15) is 0 Å². The Balaban J connectivity index is 1.86. The largest absolute Gasteiger partial charge is 0.394 e. The van der Waals surface area contributed by atoms with E-state index in [1.54, 1.807) is 12.1 Å². The van der Waals surface area contributed by atoms with Gasteiger partial charge in [-0.1, -0.05) is 36.6 Å². The molecule has 0 radical (unpaired) electrons. The third-order valence-electron chi connectivity index (χ3n) is 3.64. The lowest BCUT2D eigenvalue weighted by molar-refractivity contribution is -0.115. The number of benzene rings is 1. The van der Waals surface area contributed by atoms with Crippen molar-refractivity contribution >= 4 is 23.2 Å². The molecule has 4 nitrogen and oxygen atoms in total. The highest BCUT2D eigenvalue weighted by Gasteiger charge is 2.32. The first kappa shape index (κ1) is 14.3. The summed E-state index contributed by atoms with van der Waals surface area (Å²) in [5, 5.41) is 15.9. The molecule has 0 aliphatic heterocycles. The summed E-state index contributed by atoms with van der Waals surface area (Å²) in [5.41, 5.74) is 0.332. The van der Waals surface area contributed by atoms with Crippen molar-refractivity contribution in [2.24, 2.45) is 0 Å². The molecule has 1 aliphatic carbocycles. The number of carbonyl (C=O) groups excluding carboxylic acids is 1. The average molecular weight is 283 g/mol. The second-order valence-electron chi connectivity index (χ2n) is 5.03. The summed E-state index contributed by atoms with van der Waals surface area (Å²) in [6.07, 6.45) is 4.03. The predicted molar refractivity (Wildman–Crippen MR) is 76.4 cm³/mol. The number of nitrogens with one attached hydrogen (secondary N) is 2. The first-order chi connectivity index (χ1) is 9.15. The van der Waals surface area contributed by atoms with Crippen LogP contribution in [0, 0.1) is 0 Å². The lowest BCUT2D eigenvalue weighted by Gasteiger charge is -2.27. The number of aliphatic hydroxyl groups is 1. The maximum Gasteiger partial charge on any atom is 0.238 e. The van der Waals surface area contributed by atoms with Crippen LogP contribution in [-0.2, 0) is 4.79 Å². The maximum atomic E-state index is 11.9. The van der Waals surface area contributed by atoms with Gasteiger partial charge in [0.25, 0.3) is 0 Å². The minimum atomic E-state index is -0.280. The molecule has 1 fully saturated rings. The van der Waals surface area contributed by atoms with Gasteiger partial charge in [-0.25, -0.2) is 0 Å². The Bertz CT molecular complexity index is 445. The molecule has 1 aliphatic rings. The summed E-state index contributed by atoms with van der Waals surface area (Å²) in [4.78, 5) is 11.9. The number of hydrogen-bond acceptors (Lipinski definition) is 3. The summed E-state index contributed by atoms with van der Waals surface area (Å²) in [7, 11) is 0. The fraction of sp³-hybridized carbons (Fsp3) is 0.500. The zero-order chi connectivity index (χ0) is 13.7. The molecular formula is C14H19ClN2O2. The van der Waals surface area contributed by atoms with Gasteiger partial charge in [-0.2, -0.15) is 0 Å². The molecule has 0 unspecified atom stereocenters. The number of para-hydroxylation sites is 1. The van der Waals surface area contributed by atoms with E-state index in [9.17, 15) is 9.90 Å². The zero-order valence-electron chi connectivity index (χ0n) is 10.8. The topological polar surface area (TPSA) is 61.4 Å². The molecule has 0 heterocycles. The summed E-state index contributed by atoms with van der Waals surface area (Å²) >= 11 is 5.98. The van der Waals surface area contributed by atoms with Crippen molar-refractivity contribution in [1.82, 2.24) is 5.32 Å². The SMILES string of the molecule is O=C(CNC1(CO)CCCC1)Nc1ccccc1Cl. The molecule has 2 rings (SSSR count). The van der Waals surface area contributed by atoms with E-state index >= 15 is 0 Å². The normalized spacial score (nSPS) is 17.4. The van der Waals surface area contributed by atoms with Crippen LogP contribution in [0.25, 0.3) is 0 Å². The summed E-state index contributed by atoms with van der Waals surface area (Å²) < 4.78 is 0. The molecule has 1 saturated carbocycles. The Hall–Kier alpha value is -1.10. The van der Waals surface area contributed by atoms with Gasteiger partial charge in [-0.05, 0) is 25.0 Å². The van der Waals surface area contributed by atoms with Gasteiger partial charge < -0.3 is 15.7 Å². The van der Waals surface area contributed by atoms with Crippen LogP contribution < -0.4 is 10.6 Å². The smallest absolute Gasteiger partial charge is 0.238 e. The Labute approximate surface area is 118 Å². The van der Waals surface area contributed by atoms with Crippen molar-refractivity contribution in [2.75, 3.05) is 18.5 Å². The molecule has 104 valence electrons. The summed E-state index contributed by atoms with van der Waals surface area (Å²) in [6.45, 7) is 0.262. The standard InChI is InChI=1S/C14H19ClN2O2/c15-11-5-1-2-6-12(11)17-13(19)9-16-14(10-18)7-3-4-8-14/h1-2,5-6,16,18H,3-4,7-10H2,(H,17,19). The van der Waals surface area contributed by atoms with Gasteiger partial charge in [0.05, 0.1) is 23.9 Å². The van der Waals surface area contributed by atoms with E-state index in [0.29, 0.717) is 10.7 Å². The summed E-state index contributed by atoms with van der Waals surface area (Å²) in [6, 6.07) is 7.13. The fourth-order valence-electron chi connectivity index (χ4n) is 2.47. The van der Waals surface area contributed by atoms with Crippen molar-refractivity contribution in [3.05, 3.63) is 29.3 Å². The van der Waals surface area contributed by atoms with Crippen LogP contribution in [-0.4, -0.2) is 29.7 Å². The van der Waals surface area contributed by atoms with Crippen molar-refractivity contribution in [3.63, 3.8) is 0 Å². The van der Waals surface area contributed by atoms with Gasteiger partial charge in [-0.3, -0.25) is 4.79 Å². The molecule has 0 atom stereocenters. The minimum absolute atomic E-state index is 0.0758. The van der Waals surface area contributed by atoms with Crippen LogP contribution >= 0.6 is 11.6 Å². The molecule has 5 heteroatoms. The monoisotopic (exact) mass is 282 g/mol. The fourth-order valence-corrected chi connectivity index (χ4v) is 2.65. The van der Waals surface area contributed by atoms with Gasteiger partial charge in [0.15, 0.2) is 0 Å². The highest BCUT2D eigenvalue weighted by molar-refractivity contribution is 6.33. The molecule has 0 saturated heterocycles. The first-order valence-electron chi connectivity index (χ1n) is 6.55. The molecule has 1 aromatic rings. The van der Waals surface area contributed by atoms with Crippen molar-refractivity contribution in [2.45, 2.75) is 31.2 Å². The van der Waals surface area contributed by atoms with E-state index < -0.39 is 0 Å². The Morgan fingerprint density at radius 3 is 2.63 bits per heavy atom. The second kappa shape index (κ2) is 6.37. The molecule has 0 spiro atoms. The van der Waals surface area contributed by atoms with Gasteiger partial charge >= 0.3 is 0 Å². The van der Waals surface area contributed by atoms with Crippen LogP contribution in [0.4, 0.5) is 5.69 Å². The van der Waals surface area contributed by atoms with E-state index in [0.717, 1.165) is 25.7 Å². The van der Waals surface area contributed by atoms with Crippen molar-refractivity contribution < 1.29 is 9.90 Å². The van der Waals surface area contributed by atoms with Crippen LogP contribution in [0.2, 0.25) is 5.02 Å².